The van der Waals surface area contributed by atoms with Gasteiger partial charge < -0.3 is 9.64 Å². The Morgan fingerprint density at radius 1 is 1.08 bits per heavy atom. The summed E-state index contributed by atoms with van der Waals surface area (Å²) in [6.07, 6.45) is 0. The molecule has 0 atom stereocenters. The molecular formula is C18H22N2O3S. The van der Waals surface area contributed by atoms with E-state index in [1.165, 1.54) is 0 Å². The summed E-state index contributed by atoms with van der Waals surface area (Å²) in [7, 11) is -3.49. The van der Waals surface area contributed by atoms with Crippen molar-refractivity contribution in [2.45, 2.75) is 18.4 Å². The van der Waals surface area contributed by atoms with E-state index in [2.05, 4.69) is 9.62 Å². The third-order valence-electron chi connectivity index (χ3n) is 4.08. The standard InChI is InChI=1S/C18H22N2O3S/c1-15-3-2-4-18(13-15)24(21,22)19-14-16-5-7-17(8-6-16)20-9-11-23-12-10-20/h2-8,13,19H,9-12,14H2,1H3. The zero-order valence-corrected chi connectivity index (χ0v) is 14.6. The van der Waals surface area contributed by atoms with Gasteiger partial charge in [0, 0.05) is 25.3 Å². The fraction of sp³-hybridized carbons (Fsp3) is 0.333. The van der Waals surface area contributed by atoms with E-state index in [9.17, 15) is 8.42 Å². The molecule has 0 spiro atoms. The van der Waals surface area contributed by atoms with Gasteiger partial charge in [0.15, 0.2) is 0 Å². The van der Waals surface area contributed by atoms with E-state index >= 15 is 0 Å². The average molecular weight is 346 g/mol. The van der Waals surface area contributed by atoms with Crippen LogP contribution >= 0.6 is 0 Å². The number of hydrogen-bond donors (Lipinski definition) is 1. The number of nitrogens with zero attached hydrogens (tertiary/aromatic N) is 1. The van der Waals surface area contributed by atoms with Crippen LogP contribution in [-0.2, 0) is 21.3 Å². The Morgan fingerprint density at radius 2 is 1.79 bits per heavy atom. The van der Waals surface area contributed by atoms with Gasteiger partial charge in [-0.3, -0.25) is 0 Å². The number of morpholine rings is 1. The first kappa shape index (κ1) is 17.0. The Morgan fingerprint density at radius 3 is 2.46 bits per heavy atom. The molecular weight excluding hydrogens is 324 g/mol. The number of hydrogen-bond acceptors (Lipinski definition) is 4. The van der Waals surface area contributed by atoms with E-state index < -0.39 is 10.0 Å². The predicted octanol–water partition coefficient (Wildman–Crippen LogP) is 2.31. The van der Waals surface area contributed by atoms with Gasteiger partial charge in [-0.05, 0) is 42.3 Å². The highest BCUT2D eigenvalue weighted by Gasteiger charge is 2.14. The summed E-state index contributed by atoms with van der Waals surface area (Å²) >= 11 is 0. The van der Waals surface area contributed by atoms with Gasteiger partial charge in [-0.2, -0.15) is 0 Å². The lowest BCUT2D eigenvalue weighted by Gasteiger charge is -2.28. The number of ether oxygens (including phenoxy) is 1. The minimum absolute atomic E-state index is 0.277. The molecule has 0 saturated carbocycles. The highest BCUT2D eigenvalue weighted by molar-refractivity contribution is 7.89. The summed E-state index contributed by atoms with van der Waals surface area (Å²) in [6, 6.07) is 14.9. The number of anilines is 1. The summed E-state index contributed by atoms with van der Waals surface area (Å²) in [4.78, 5) is 2.57. The molecule has 128 valence electrons. The molecule has 1 fully saturated rings. The number of rotatable bonds is 5. The molecule has 1 heterocycles. The van der Waals surface area contributed by atoms with Crippen molar-refractivity contribution in [3.05, 3.63) is 59.7 Å². The molecule has 0 unspecified atom stereocenters. The lowest BCUT2D eigenvalue weighted by Crippen LogP contribution is -2.36. The third-order valence-corrected chi connectivity index (χ3v) is 5.48. The highest BCUT2D eigenvalue weighted by Crippen LogP contribution is 2.17. The molecule has 5 nitrogen and oxygen atoms in total. The largest absolute Gasteiger partial charge is 0.378 e. The Balaban J connectivity index is 1.64. The van der Waals surface area contributed by atoms with Gasteiger partial charge in [0.2, 0.25) is 10.0 Å². The quantitative estimate of drug-likeness (QED) is 0.903. The number of sulfonamides is 1. The first-order valence-electron chi connectivity index (χ1n) is 8.02. The van der Waals surface area contributed by atoms with Gasteiger partial charge in [0.1, 0.15) is 0 Å². The molecule has 6 heteroatoms. The molecule has 1 aliphatic heterocycles. The van der Waals surface area contributed by atoms with Crippen LogP contribution < -0.4 is 9.62 Å². The SMILES string of the molecule is Cc1cccc(S(=O)(=O)NCc2ccc(N3CCOCC3)cc2)c1. The number of aryl methyl sites for hydroxylation is 1. The van der Waals surface area contributed by atoms with Crippen molar-refractivity contribution >= 4 is 15.7 Å². The van der Waals surface area contributed by atoms with Gasteiger partial charge >= 0.3 is 0 Å². The maximum atomic E-state index is 12.3. The number of benzene rings is 2. The van der Waals surface area contributed by atoms with Crippen molar-refractivity contribution in [2.24, 2.45) is 0 Å². The molecule has 3 rings (SSSR count). The molecule has 0 aliphatic carbocycles. The monoisotopic (exact) mass is 346 g/mol. The summed E-state index contributed by atoms with van der Waals surface area (Å²) in [6.45, 7) is 5.43. The van der Waals surface area contributed by atoms with E-state index in [1.54, 1.807) is 18.2 Å². The molecule has 0 radical (unpaired) electrons. The normalized spacial score (nSPS) is 15.5. The molecule has 2 aromatic rings. The topological polar surface area (TPSA) is 58.6 Å². The van der Waals surface area contributed by atoms with Crippen LogP contribution in [0.1, 0.15) is 11.1 Å². The minimum Gasteiger partial charge on any atom is -0.378 e. The molecule has 0 bridgehead atoms. The maximum absolute atomic E-state index is 12.3. The van der Waals surface area contributed by atoms with Crippen LogP contribution in [0.2, 0.25) is 0 Å². The Hall–Kier alpha value is -1.89. The Bertz CT molecular complexity index is 782. The van der Waals surface area contributed by atoms with Crippen molar-refractivity contribution in [1.82, 2.24) is 4.72 Å². The summed E-state index contributed by atoms with van der Waals surface area (Å²) in [5.74, 6) is 0. The molecule has 0 aromatic heterocycles. The van der Waals surface area contributed by atoms with Crippen molar-refractivity contribution in [3.8, 4) is 0 Å². The van der Waals surface area contributed by atoms with Crippen LogP contribution in [0.15, 0.2) is 53.4 Å². The molecule has 0 amide bonds. The fourth-order valence-electron chi connectivity index (χ4n) is 2.69. The maximum Gasteiger partial charge on any atom is 0.240 e. The summed E-state index contributed by atoms with van der Waals surface area (Å²) in [5.41, 5.74) is 3.00. The third kappa shape index (κ3) is 4.14. The Labute approximate surface area is 143 Å². The first-order chi connectivity index (χ1) is 11.5. The van der Waals surface area contributed by atoms with Crippen LogP contribution in [0, 0.1) is 6.92 Å². The van der Waals surface area contributed by atoms with Crippen LogP contribution in [0.5, 0.6) is 0 Å². The van der Waals surface area contributed by atoms with Crippen molar-refractivity contribution in [2.75, 3.05) is 31.2 Å². The van der Waals surface area contributed by atoms with Gasteiger partial charge in [-0.1, -0.05) is 24.3 Å². The van der Waals surface area contributed by atoms with Crippen LogP contribution in [0.3, 0.4) is 0 Å². The molecule has 24 heavy (non-hydrogen) atoms. The zero-order chi connectivity index (χ0) is 17.0. The average Bonchev–Trinajstić information content (AvgIpc) is 2.61. The lowest BCUT2D eigenvalue weighted by atomic mass is 10.2. The van der Waals surface area contributed by atoms with Crippen molar-refractivity contribution in [1.29, 1.82) is 0 Å². The minimum atomic E-state index is -3.49. The van der Waals surface area contributed by atoms with Gasteiger partial charge in [0.25, 0.3) is 0 Å². The molecule has 1 saturated heterocycles. The Kier molecular flexibility index (Phi) is 5.18. The highest BCUT2D eigenvalue weighted by atomic mass is 32.2. The van der Waals surface area contributed by atoms with Crippen molar-refractivity contribution in [3.63, 3.8) is 0 Å². The molecule has 1 N–H and O–H groups in total. The van der Waals surface area contributed by atoms with Gasteiger partial charge in [0.05, 0.1) is 18.1 Å². The lowest BCUT2D eigenvalue weighted by molar-refractivity contribution is 0.122. The van der Waals surface area contributed by atoms with E-state index in [-0.39, 0.29) is 6.54 Å². The van der Waals surface area contributed by atoms with Crippen LogP contribution in [0.4, 0.5) is 5.69 Å². The van der Waals surface area contributed by atoms with E-state index in [4.69, 9.17) is 4.74 Å². The van der Waals surface area contributed by atoms with E-state index in [1.807, 2.05) is 37.3 Å². The van der Waals surface area contributed by atoms with Gasteiger partial charge in [-0.15, -0.1) is 0 Å². The zero-order valence-electron chi connectivity index (χ0n) is 13.7. The first-order valence-corrected chi connectivity index (χ1v) is 9.51. The van der Waals surface area contributed by atoms with Crippen LogP contribution in [0.25, 0.3) is 0 Å². The van der Waals surface area contributed by atoms with Gasteiger partial charge in [-0.25, -0.2) is 13.1 Å². The molecule has 1 aliphatic rings. The summed E-state index contributed by atoms with van der Waals surface area (Å²) < 4.78 is 32.7. The molecule has 2 aromatic carbocycles. The summed E-state index contributed by atoms with van der Waals surface area (Å²) in [5, 5.41) is 0. The fourth-order valence-corrected chi connectivity index (χ4v) is 3.81. The smallest absolute Gasteiger partial charge is 0.240 e. The second-order valence-electron chi connectivity index (χ2n) is 5.91. The second kappa shape index (κ2) is 7.34. The van der Waals surface area contributed by atoms with Crippen molar-refractivity contribution < 1.29 is 13.2 Å². The van der Waals surface area contributed by atoms with E-state index in [0.717, 1.165) is 43.1 Å². The predicted molar refractivity (Wildman–Crippen MR) is 94.7 cm³/mol. The number of nitrogens with one attached hydrogen (secondary N) is 1. The van der Waals surface area contributed by atoms with Crippen LogP contribution in [-0.4, -0.2) is 34.7 Å². The second-order valence-corrected chi connectivity index (χ2v) is 7.67. The van der Waals surface area contributed by atoms with E-state index in [0.29, 0.717) is 4.90 Å².